The van der Waals surface area contributed by atoms with E-state index in [9.17, 15) is 18.5 Å². The summed E-state index contributed by atoms with van der Waals surface area (Å²) in [6, 6.07) is 15.8. The summed E-state index contributed by atoms with van der Waals surface area (Å²) in [4.78, 5) is 21.2. The van der Waals surface area contributed by atoms with Gasteiger partial charge >= 0.3 is 10.2 Å². The second kappa shape index (κ2) is 9.10. The Kier molecular flexibility index (Phi) is 6.06. The molecular formula is C27H24FN5O3S. The minimum atomic E-state index is -3.99. The van der Waals surface area contributed by atoms with Crippen LogP contribution in [0.15, 0.2) is 60.9 Å². The highest BCUT2D eigenvalue weighted by Crippen LogP contribution is 2.52. The molecule has 8 nitrogen and oxygen atoms in total. The van der Waals surface area contributed by atoms with Crippen molar-refractivity contribution in [3.63, 3.8) is 0 Å². The molecule has 2 N–H and O–H groups in total. The van der Waals surface area contributed by atoms with Gasteiger partial charge in [0.25, 0.3) is 0 Å². The van der Waals surface area contributed by atoms with Crippen LogP contribution in [0.2, 0.25) is 0 Å². The summed E-state index contributed by atoms with van der Waals surface area (Å²) in [6.07, 6.45) is 4.52. The fourth-order valence-electron chi connectivity index (χ4n) is 4.43. The average Bonchev–Trinajstić information content (AvgIpc) is 3.59. The number of H-pyrrole nitrogens is 1. The molecule has 1 saturated carbocycles. The topological polar surface area (TPSA) is 119 Å². The summed E-state index contributed by atoms with van der Waals surface area (Å²) < 4.78 is 43.7. The molecule has 5 rings (SSSR count). The number of nitrogens with one attached hydrogen (secondary N) is 2. The summed E-state index contributed by atoms with van der Waals surface area (Å²) in [5, 5.41) is 10.4. The van der Waals surface area contributed by atoms with E-state index in [4.69, 9.17) is 0 Å². The molecule has 0 amide bonds. The molecular weight excluding hydrogens is 493 g/mol. The molecule has 188 valence electrons. The van der Waals surface area contributed by atoms with E-state index in [1.165, 1.54) is 31.4 Å². The van der Waals surface area contributed by atoms with Crippen LogP contribution < -0.4 is 4.72 Å². The summed E-state index contributed by atoms with van der Waals surface area (Å²) in [5.74, 6) is -1.61. The number of nitriles is 1. The van der Waals surface area contributed by atoms with Gasteiger partial charge < -0.3 is 4.98 Å². The number of halogens is 1. The van der Waals surface area contributed by atoms with Crippen LogP contribution in [0.4, 0.5) is 10.1 Å². The molecule has 1 aliphatic carbocycles. The predicted octanol–water partition coefficient (Wildman–Crippen LogP) is 4.76. The summed E-state index contributed by atoms with van der Waals surface area (Å²) in [7, 11) is -2.63. The van der Waals surface area contributed by atoms with Crippen LogP contribution in [0.1, 0.15) is 41.3 Å². The molecule has 0 unspecified atom stereocenters. The Morgan fingerprint density at radius 2 is 1.92 bits per heavy atom. The molecule has 0 radical (unpaired) electrons. The lowest BCUT2D eigenvalue weighted by atomic mass is 9.87. The van der Waals surface area contributed by atoms with Crippen LogP contribution in [0.3, 0.4) is 0 Å². The first kappa shape index (κ1) is 24.6. The maximum atomic E-state index is 15.5. The number of ketones is 1. The normalized spacial score (nSPS) is 14.5. The molecule has 10 heteroatoms. The predicted molar refractivity (Wildman–Crippen MR) is 139 cm³/mol. The molecule has 0 spiro atoms. The Balaban J connectivity index is 1.67. The highest BCUT2D eigenvalue weighted by molar-refractivity contribution is 7.90. The van der Waals surface area contributed by atoms with Crippen LogP contribution in [-0.4, -0.2) is 42.1 Å². The third-order valence-electron chi connectivity index (χ3n) is 6.83. The second-order valence-electron chi connectivity index (χ2n) is 9.05. The van der Waals surface area contributed by atoms with Crippen LogP contribution >= 0.6 is 0 Å². The van der Waals surface area contributed by atoms with Crippen molar-refractivity contribution in [3.8, 4) is 17.2 Å². The fraction of sp³-hybridized carbons (Fsp3) is 0.222. The fourth-order valence-corrected chi connectivity index (χ4v) is 5.36. The van der Waals surface area contributed by atoms with Gasteiger partial charge in [0.1, 0.15) is 5.65 Å². The monoisotopic (exact) mass is 517 g/mol. The standard InChI is InChI=1S/C27H24FN5O3S/c1-3-33(2)37(35,36)32-21-11-7-10-18(24(21)28)25(34)19-14-30-26-23(19)22(17-8-5-4-6-9-17)20(15-31-26)27(16-29)12-13-27/h4-11,14-15,32H,3,12-13H2,1-2H3,(H,30,31). The zero-order valence-corrected chi connectivity index (χ0v) is 21.1. The molecule has 4 aromatic rings. The quantitative estimate of drug-likeness (QED) is 0.327. The van der Waals surface area contributed by atoms with E-state index in [-0.39, 0.29) is 23.4 Å². The lowest BCUT2D eigenvalue weighted by Crippen LogP contribution is -2.32. The lowest BCUT2D eigenvalue weighted by molar-refractivity contribution is 0.103. The van der Waals surface area contributed by atoms with E-state index in [2.05, 4.69) is 20.8 Å². The van der Waals surface area contributed by atoms with Crippen LogP contribution in [0, 0.1) is 17.1 Å². The third kappa shape index (κ3) is 4.16. The number of anilines is 1. The molecule has 1 fully saturated rings. The number of hydrogen-bond acceptors (Lipinski definition) is 5. The summed E-state index contributed by atoms with van der Waals surface area (Å²) in [5.41, 5.74) is 1.56. The van der Waals surface area contributed by atoms with Crippen molar-refractivity contribution in [2.75, 3.05) is 18.3 Å². The van der Waals surface area contributed by atoms with E-state index in [1.807, 2.05) is 30.3 Å². The molecule has 37 heavy (non-hydrogen) atoms. The number of aromatic amines is 1. The minimum Gasteiger partial charge on any atom is -0.345 e. The molecule has 0 bridgehead atoms. The summed E-state index contributed by atoms with van der Waals surface area (Å²) >= 11 is 0. The van der Waals surface area contributed by atoms with Crippen molar-refractivity contribution in [1.82, 2.24) is 14.3 Å². The van der Waals surface area contributed by atoms with E-state index in [0.717, 1.165) is 15.4 Å². The number of benzene rings is 2. The van der Waals surface area contributed by atoms with Gasteiger partial charge in [0, 0.05) is 31.4 Å². The second-order valence-corrected chi connectivity index (χ2v) is 10.8. The van der Waals surface area contributed by atoms with Crippen LogP contribution in [0.25, 0.3) is 22.2 Å². The number of pyridine rings is 1. The number of aromatic nitrogens is 2. The molecule has 0 aliphatic heterocycles. The van der Waals surface area contributed by atoms with Gasteiger partial charge in [-0.25, -0.2) is 9.37 Å². The zero-order chi connectivity index (χ0) is 26.4. The van der Waals surface area contributed by atoms with Crippen molar-refractivity contribution in [2.24, 2.45) is 0 Å². The van der Waals surface area contributed by atoms with Gasteiger partial charge in [-0.15, -0.1) is 0 Å². The first-order chi connectivity index (χ1) is 17.7. The molecule has 0 saturated heterocycles. The average molecular weight is 518 g/mol. The first-order valence-electron chi connectivity index (χ1n) is 11.8. The van der Waals surface area contributed by atoms with Gasteiger partial charge in [0.15, 0.2) is 11.6 Å². The molecule has 2 aromatic heterocycles. The Labute approximate surface area is 213 Å². The van der Waals surface area contributed by atoms with Crippen LogP contribution in [-0.2, 0) is 15.6 Å². The Morgan fingerprint density at radius 3 is 2.57 bits per heavy atom. The third-order valence-corrected chi connectivity index (χ3v) is 8.38. The largest absolute Gasteiger partial charge is 0.345 e. The minimum absolute atomic E-state index is 0.182. The van der Waals surface area contributed by atoms with E-state index >= 15 is 4.39 Å². The number of fused-ring (bicyclic) bond motifs is 1. The molecule has 0 atom stereocenters. The van der Waals surface area contributed by atoms with Gasteiger partial charge in [-0.3, -0.25) is 9.52 Å². The van der Waals surface area contributed by atoms with Crippen molar-refractivity contribution < 1.29 is 17.6 Å². The molecule has 2 aromatic carbocycles. The highest BCUT2D eigenvalue weighted by atomic mass is 32.2. The van der Waals surface area contributed by atoms with Crippen molar-refractivity contribution in [2.45, 2.75) is 25.2 Å². The van der Waals surface area contributed by atoms with E-state index in [0.29, 0.717) is 29.4 Å². The van der Waals surface area contributed by atoms with Gasteiger partial charge in [-0.05, 0) is 41.7 Å². The molecule has 1 aliphatic rings. The number of carbonyl (C=O) groups excluding carboxylic acids is 1. The van der Waals surface area contributed by atoms with Crippen LogP contribution in [0.5, 0.6) is 0 Å². The maximum Gasteiger partial charge on any atom is 0.301 e. The number of rotatable bonds is 8. The number of nitrogens with zero attached hydrogens (tertiary/aromatic N) is 3. The lowest BCUT2D eigenvalue weighted by Gasteiger charge is -2.17. The van der Waals surface area contributed by atoms with E-state index in [1.54, 1.807) is 13.1 Å². The van der Waals surface area contributed by atoms with Crippen molar-refractivity contribution in [3.05, 3.63) is 83.4 Å². The number of hydrogen-bond donors (Lipinski definition) is 2. The zero-order valence-electron chi connectivity index (χ0n) is 20.2. The van der Waals surface area contributed by atoms with Crippen molar-refractivity contribution in [1.29, 1.82) is 5.26 Å². The van der Waals surface area contributed by atoms with Crippen molar-refractivity contribution >= 4 is 32.7 Å². The first-order valence-corrected chi connectivity index (χ1v) is 13.2. The number of carbonyl (C=O) groups is 1. The van der Waals surface area contributed by atoms with Gasteiger partial charge in [-0.1, -0.05) is 43.3 Å². The SMILES string of the molecule is CCN(C)S(=O)(=O)Nc1cccc(C(=O)c2c[nH]c3ncc(C4(C#N)CC4)c(-c4ccccc4)c23)c1F. The summed E-state index contributed by atoms with van der Waals surface area (Å²) in [6.45, 7) is 1.84. The Bertz CT molecular complexity index is 1670. The Hall–Kier alpha value is -4.07. The smallest absolute Gasteiger partial charge is 0.301 e. The Morgan fingerprint density at radius 1 is 1.19 bits per heavy atom. The van der Waals surface area contributed by atoms with E-state index < -0.39 is 27.2 Å². The maximum absolute atomic E-state index is 15.5. The van der Waals surface area contributed by atoms with Gasteiger partial charge in [-0.2, -0.15) is 18.0 Å². The van der Waals surface area contributed by atoms with Gasteiger partial charge in [0.05, 0.1) is 28.3 Å². The van der Waals surface area contributed by atoms with Gasteiger partial charge in [0.2, 0.25) is 0 Å². The highest BCUT2D eigenvalue weighted by Gasteiger charge is 2.47. The molecule has 2 heterocycles.